The average Bonchev–Trinajstić information content (AvgIpc) is 2.54. The molecule has 3 aliphatic rings. The maximum absolute atomic E-state index is 5.68. The second-order valence-electron chi connectivity index (χ2n) is 3.94. The lowest BCUT2D eigenvalue weighted by molar-refractivity contribution is -0.192. The molecule has 4 atom stereocenters. The highest BCUT2D eigenvalue weighted by Gasteiger charge is 2.59. The molecule has 3 heterocycles. The smallest absolute Gasteiger partial charge is 0.187 e. The van der Waals surface area contributed by atoms with Crippen LogP contribution in [0, 0.1) is 0 Å². The second kappa shape index (κ2) is 2.01. The van der Waals surface area contributed by atoms with E-state index < -0.39 is 5.79 Å². The molecule has 4 heteroatoms. The van der Waals surface area contributed by atoms with Crippen LogP contribution in [0.5, 0.6) is 0 Å². The van der Waals surface area contributed by atoms with Crippen molar-refractivity contribution < 1.29 is 18.9 Å². The molecule has 0 aromatic rings. The highest BCUT2D eigenvalue weighted by atomic mass is 16.8. The minimum atomic E-state index is -0.469. The first-order valence-electron chi connectivity index (χ1n) is 4.28. The minimum Gasteiger partial charge on any atom is -0.347 e. The van der Waals surface area contributed by atoms with Gasteiger partial charge in [-0.05, 0) is 13.8 Å². The van der Waals surface area contributed by atoms with Crippen molar-refractivity contribution >= 4 is 0 Å². The van der Waals surface area contributed by atoms with E-state index in [2.05, 4.69) is 0 Å². The molecule has 68 valence electrons. The van der Waals surface area contributed by atoms with Gasteiger partial charge in [-0.25, -0.2) is 0 Å². The lowest BCUT2D eigenvalue weighted by Gasteiger charge is -2.19. The van der Waals surface area contributed by atoms with E-state index in [0.717, 1.165) is 0 Å². The topological polar surface area (TPSA) is 36.9 Å². The quantitative estimate of drug-likeness (QED) is 0.525. The molecular weight excluding hydrogens is 160 g/mol. The molecule has 0 aliphatic carbocycles. The van der Waals surface area contributed by atoms with Gasteiger partial charge in [-0.1, -0.05) is 0 Å². The first-order chi connectivity index (χ1) is 5.66. The summed E-state index contributed by atoms with van der Waals surface area (Å²) in [6, 6.07) is 0. The van der Waals surface area contributed by atoms with Crippen molar-refractivity contribution in [2.45, 2.75) is 44.2 Å². The highest BCUT2D eigenvalue weighted by Crippen LogP contribution is 2.42. The van der Waals surface area contributed by atoms with E-state index in [0.29, 0.717) is 6.61 Å². The van der Waals surface area contributed by atoms with Crippen LogP contribution in [0.1, 0.15) is 13.8 Å². The van der Waals surface area contributed by atoms with E-state index in [1.807, 2.05) is 13.8 Å². The zero-order valence-corrected chi connectivity index (χ0v) is 7.15. The van der Waals surface area contributed by atoms with Gasteiger partial charge < -0.3 is 18.9 Å². The van der Waals surface area contributed by atoms with Gasteiger partial charge in [0.2, 0.25) is 0 Å². The summed E-state index contributed by atoms with van der Waals surface area (Å²) in [5, 5.41) is 0. The molecule has 2 bridgehead atoms. The molecule has 0 amide bonds. The summed E-state index contributed by atoms with van der Waals surface area (Å²) in [7, 11) is 0. The van der Waals surface area contributed by atoms with Gasteiger partial charge in [0.25, 0.3) is 0 Å². The predicted octanol–water partition coefficient (Wildman–Crippen LogP) is 0.262. The molecule has 3 saturated heterocycles. The van der Waals surface area contributed by atoms with Crippen LogP contribution >= 0.6 is 0 Å². The van der Waals surface area contributed by atoms with Gasteiger partial charge in [0.1, 0.15) is 18.3 Å². The normalized spacial score (nSPS) is 54.5. The van der Waals surface area contributed by atoms with Crippen LogP contribution in [0.2, 0.25) is 0 Å². The Balaban J connectivity index is 1.87. The largest absolute Gasteiger partial charge is 0.347 e. The van der Waals surface area contributed by atoms with Crippen LogP contribution in [0.25, 0.3) is 0 Å². The standard InChI is InChI=1S/C8H12O4/c1-8(2)11-5-4-3-9-7(10-4)6(5)12-8/h4-7H,3H2,1-2H3/t4-,5+,6+,7-/m1/s1. The van der Waals surface area contributed by atoms with Gasteiger partial charge in [-0.2, -0.15) is 0 Å². The third kappa shape index (κ3) is 0.808. The third-order valence-corrected chi connectivity index (χ3v) is 2.53. The molecule has 3 rings (SSSR count). The van der Waals surface area contributed by atoms with Gasteiger partial charge in [0, 0.05) is 0 Å². The van der Waals surface area contributed by atoms with Gasteiger partial charge in [0.05, 0.1) is 6.61 Å². The van der Waals surface area contributed by atoms with Crippen LogP contribution in [-0.2, 0) is 18.9 Å². The van der Waals surface area contributed by atoms with Gasteiger partial charge in [-0.3, -0.25) is 0 Å². The number of ether oxygens (including phenoxy) is 4. The van der Waals surface area contributed by atoms with E-state index in [-0.39, 0.29) is 24.6 Å². The fourth-order valence-corrected chi connectivity index (χ4v) is 2.10. The van der Waals surface area contributed by atoms with Gasteiger partial charge in [-0.15, -0.1) is 0 Å². The van der Waals surface area contributed by atoms with Crippen LogP contribution in [0.4, 0.5) is 0 Å². The lowest BCUT2D eigenvalue weighted by atomic mass is 10.1. The maximum atomic E-state index is 5.68. The maximum Gasteiger partial charge on any atom is 0.187 e. The first-order valence-corrected chi connectivity index (χ1v) is 4.28. The summed E-state index contributed by atoms with van der Waals surface area (Å²) in [4.78, 5) is 0. The summed E-state index contributed by atoms with van der Waals surface area (Å²) in [6.45, 7) is 4.49. The Morgan fingerprint density at radius 3 is 2.67 bits per heavy atom. The Labute approximate surface area is 70.7 Å². The molecule has 0 N–H and O–H groups in total. The lowest BCUT2D eigenvalue weighted by Crippen LogP contribution is -2.37. The molecule has 0 unspecified atom stereocenters. The molecule has 3 fully saturated rings. The van der Waals surface area contributed by atoms with Crippen molar-refractivity contribution in [1.29, 1.82) is 0 Å². The van der Waals surface area contributed by atoms with Crippen molar-refractivity contribution in [2.24, 2.45) is 0 Å². The molecular formula is C8H12O4. The van der Waals surface area contributed by atoms with Gasteiger partial charge >= 0.3 is 0 Å². The summed E-state index contributed by atoms with van der Waals surface area (Å²) in [5.41, 5.74) is 0. The Morgan fingerprint density at radius 1 is 1.17 bits per heavy atom. The molecule has 0 aromatic heterocycles. The summed E-state index contributed by atoms with van der Waals surface area (Å²) in [6.07, 6.45) is -0.0407. The Kier molecular flexibility index (Phi) is 1.22. The van der Waals surface area contributed by atoms with Crippen molar-refractivity contribution in [3.8, 4) is 0 Å². The summed E-state index contributed by atoms with van der Waals surface area (Å²) >= 11 is 0. The second-order valence-corrected chi connectivity index (χ2v) is 3.94. The Bertz CT molecular complexity index is 195. The molecule has 0 saturated carbocycles. The SMILES string of the molecule is CC1(C)O[C@@H]2[C@@H]3OC[C@@H](O3)[C@@H]2O1. The zero-order chi connectivity index (χ0) is 8.34. The van der Waals surface area contributed by atoms with Crippen molar-refractivity contribution in [3.05, 3.63) is 0 Å². The van der Waals surface area contributed by atoms with Crippen molar-refractivity contribution in [3.63, 3.8) is 0 Å². The summed E-state index contributed by atoms with van der Waals surface area (Å²) < 4.78 is 22.1. The monoisotopic (exact) mass is 172 g/mol. The van der Waals surface area contributed by atoms with E-state index in [1.165, 1.54) is 0 Å². The van der Waals surface area contributed by atoms with Gasteiger partial charge in [0.15, 0.2) is 12.1 Å². The van der Waals surface area contributed by atoms with E-state index in [9.17, 15) is 0 Å². The Hall–Kier alpha value is -0.160. The number of rotatable bonds is 0. The third-order valence-electron chi connectivity index (χ3n) is 2.53. The molecule has 4 nitrogen and oxygen atoms in total. The number of fused-ring (bicyclic) bond motifs is 5. The molecule has 3 aliphatic heterocycles. The predicted molar refractivity (Wildman–Crippen MR) is 38.4 cm³/mol. The number of hydrogen-bond acceptors (Lipinski definition) is 4. The van der Waals surface area contributed by atoms with Crippen LogP contribution in [0.3, 0.4) is 0 Å². The Morgan fingerprint density at radius 2 is 1.92 bits per heavy atom. The molecule has 0 radical (unpaired) electrons. The van der Waals surface area contributed by atoms with Crippen molar-refractivity contribution in [2.75, 3.05) is 6.61 Å². The van der Waals surface area contributed by atoms with Crippen LogP contribution < -0.4 is 0 Å². The number of hydrogen-bond donors (Lipinski definition) is 0. The van der Waals surface area contributed by atoms with Crippen LogP contribution in [0.15, 0.2) is 0 Å². The fourth-order valence-electron chi connectivity index (χ4n) is 2.10. The van der Waals surface area contributed by atoms with E-state index >= 15 is 0 Å². The molecule has 0 aromatic carbocycles. The van der Waals surface area contributed by atoms with E-state index in [1.54, 1.807) is 0 Å². The fraction of sp³-hybridized carbons (Fsp3) is 1.00. The highest BCUT2D eigenvalue weighted by molar-refractivity contribution is 4.98. The first kappa shape index (κ1) is 7.26. The zero-order valence-electron chi connectivity index (χ0n) is 7.15. The van der Waals surface area contributed by atoms with E-state index in [4.69, 9.17) is 18.9 Å². The van der Waals surface area contributed by atoms with Crippen LogP contribution in [-0.4, -0.2) is 37.0 Å². The molecule has 0 spiro atoms. The minimum absolute atomic E-state index is 0.0150. The average molecular weight is 172 g/mol. The van der Waals surface area contributed by atoms with Crippen molar-refractivity contribution in [1.82, 2.24) is 0 Å². The summed E-state index contributed by atoms with van der Waals surface area (Å²) in [5.74, 6) is -0.469. The molecule has 12 heavy (non-hydrogen) atoms.